The highest BCUT2D eigenvalue weighted by Crippen LogP contribution is 2.51. The predicted molar refractivity (Wildman–Crippen MR) is 99.2 cm³/mol. The highest BCUT2D eigenvalue weighted by Gasteiger charge is 2.71. The molecule has 3 aliphatic rings. The molecule has 0 radical (unpaired) electrons. The van der Waals surface area contributed by atoms with Crippen molar-refractivity contribution in [1.29, 1.82) is 0 Å². The fourth-order valence-electron chi connectivity index (χ4n) is 4.96. The Kier molecular flexibility index (Phi) is 4.99. The number of ether oxygens (including phenoxy) is 2. The molecule has 0 saturated carbocycles. The van der Waals surface area contributed by atoms with Gasteiger partial charge in [-0.3, -0.25) is 14.4 Å². The second kappa shape index (κ2) is 7.37. The van der Waals surface area contributed by atoms with E-state index in [2.05, 4.69) is 10.6 Å². The molecule has 0 spiro atoms. The quantitative estimate of drug-likeness (QED) is 0.515. The summed E-state index contributed by atoms with van der Waals surface area (Å²) < 4.78 is 12.2. The Morgan fingerprint density at radius 2 is 1.90 bits per heavy atom. The van der Waals surface area contributed by atoms with Crippen molar-refractivity contribution in [3.05, 3.63) is 35.9 Å². The molecular formula is C20H22N2O8. The van der Waals surface area contributed by atoms with Gasteiger partial charge >= 0.3 is 11.9 Å². The number of rotatable bonds is 5. The number of benzene rings is 1. The SMILES string of the molecule is CC(=O)N[C@@H]1C[C@H](c2ccccc2)O[C@H]2[C@@H]1O[C@]1(CC(=O)O)[C@@H](C(=O)O)NC(=O)[C@H]21. The van der Waals surface area contributed by atoms with Crippen molar-refractivity contribution in [2.75, 3.05) is 0 Å². The number of fused-ring (bicyclic) bond motifs is 3. The number of carboxylic acids is 2. The Balaban J connectivity index is 1.76. The molecule has 7 atom stereocenters. The smallest absolute Gasteiger partial charge is 0.329 e. The van der Waals surface area contributed by atoms with E-state index >= 15 is 0 Å². The number of amides is 2. The standard InChI is InChI=1S/C20H22N2O8/c1-9(23)21-11-7-12(10-5-3-2-4-6-10)29-16-14-18(26)22-17(19(27)28)20(14,8-13(24)25)30-15(11)16/h2-6,11-12,14-17H,7-8H2,1H3,(H,21,23)(H,22,26)(H,24,25)(H,27,28)/t11-,12-,14+,15-,16-,17-,20+/m1/s1. The maximum atomic E-state index is 12.8. The topological polar surface area (TPSA) is 151 Å². The average Bonchev–Trinajstić information content (AvgIpc) is 3.13. The monoisotopic (exact) mass is 418 g/mol. The first-order valence-electron chi connectivity index (χ1n) is 9.63. The number of nitrogens with one attached hydrogen (secondary N) is 2. The van der Waals surface area contributed by atoms with Crippen molar-refractivity contribution in [3.63, 3.8) is 0 Å². The lowest BCUT2D eigenvalue weighted by Gasteiger charge is -2.39. The van der Waals surface area contributed by atoms with E-state index in [9.17, 15) is 29.4 Å². The number of carboxylic acid groups (broad SMARTS) is 2. The summed E-state index contributed by atoms with van der Waals surface area (Å²) >= 11 is 0. The van der Waals surface area contributed by atoms with Crippen LogP contribution >= 0.6 is 0 Å². The van der Waals surface area contributed by atoms with Crippen LogP contribution in [-0.2, 0) is 28.7 Å². The first-order valence-corrected chi connectivity index (χ1v) is 9.63. The number of carbonyl (C=O) groups is 4. The second-order valence-electron chi connectivity index (χ2n) is 7.91. The molecule has 4 N–H and O–H groups in total. The van der Waals surface area contributed by atoms with Gasteiger partial charge in [0.25, 0.3) is 0 Å². The van der Waals surface area contributed by atoms with Crippen LogP contribution in [0.4, 0.5) is 0 Å². The van der Waals surface area contributed by atoms with Crippen molar-refractivity contribution in [2.24, 2.45) is 5.92 Å². The summed E-state index contributed by atoms with van der Waals surface area (Å²) in [5.41, 5.74) is -0.984. The summed E-state index contributed by atoms with van der Waals surface area (Å²) in [6.07, 6.45) is -2.60. The highest BCUT2D eigenvalue weighted by atomic mass is 16.6. The molecule has 10 heteroatoms. The zero-order valence-corrected chi connectivity index (χ0v) is 16.1. The molecule has 0 unspecified atom stereocenters. The zero-order chi connectivity index (χ0) is 21.6. The molecule has 3 aliphatic heterocycles. The van der Waals surface area contributed by atoms with Gasteiger partial charge in [0.2, 0.25) is 11.8 Å². The molecule has 30 heavy (non-hydrogen) atoms. The van der Waals surface area contributed by atoms with E-state index in [-0.39, 0.29) is 5.91 Å². The lowest BCUT2D eigenvalue weighted by molar-refractivity contribution is -0.165. The minimum atomic E-state index is -1.81. The van der Waals surface area contributed by atoms with E-state index < -0.39 is 66.2 Å². The molecule has 1 aromatic carbocycles. The van der Waals surface area contributed by atoms with Gasteiger partial charge in [-0.2, -0.15) is 0 Å². The maximum absolute atomic E-state index is 12.8. The second-order valence-corrected chi connectivity index (χ2v) is 7.91. The molecule has 0 bridgehead atoms. The summed E-state index contributed by atoms with van der Waals surface area (Å²) in [5, 5.41) is 24.2. The molecule has 3 heterocycles. The largest absolute Gasteiger partial charge is 0.481 e. The molecule has 160 valence electrons. The molecule has 10 nitrogen and oxygen atoms in total. The van der Waals surface area contributed by atoms with Crippen molar-refractivity contribution < 1.29 is 38.9 Å². The summed E-state index contributed by atoms with van der Waals surface area (Å²) in [5.74, 6) is -4.77. The summed E-state index contributed by atoms with van der Waals surface area (Å²) in [6.45, 7) is 1.34. The van der Waals surface area contributed by atoms with Crippen LogP contribution in [0.2, 0.25) is 0 Å². The van der Waals surface area contributed by atoms with E-state index in [1.807, 2.05) is 30.3 Å². The third kappa shape index (κ3) is 3.21. The molecular weight excluding hydrogens is 396 g/mol. The molecule has 3 fully saturated rings. The molecule has 2 amide bonds. The summed E-state index contributed by atoms with van der Waals surface area (Å²) in [4.78, 5) is 48.0. The third-order valence-electron chi connectivity index (χ3n) is 6.01. The van der Waals surface area contributed by atoms with Gasteiger partial charge < -0.3 is 30.3 Å². The van der Waals surface area contributed by atoms with Crippen molar-refractivity contribution in [2.45, 2.75) is 55.8 Å². The van der Waals surface area contributed by atoms with E-state index in [1.165, 1.54) is 6.92 Å². The Hall–Kier alpha value is -2.98. The Labute approximate surface area is 171 Å². The maximum Gasteiger partial charge on any atom is 0.329 e. The molecule has 0 aromatic heterocycles. The van der Waals surface area contributed by atoms with Gasteiger partial charge in [0.05, 0.1) is 24.5 Å². The number of aliphatic carboxylic acids is 2. The lowest BCUT2D eigenvalue weighted by atomic mass is 9.78. The molecule has 0 aliphatic carbocycles. The minimum Gasteiger partial charge on any atom is -0.481 e. The minimum absolute atomic E-state index is 0.320. The number of hydrogen-bond acceptors (Lipinski definition) is 6. The predicted octanol–water partition coefficient (Wildman–Crippen LogP) is -0.167. The number of carbonyl (C=O) groups excluding carboxylic acids is 2. The first-order chi connectivity index (χ1) is 14.2. The van der Waals surface area contributed by atoms with Crippen LogP contribution in [0.1, 0.15) is 31.4 Å². The Morgan fingerprint density at radius 3 is 2.50 bits per heavy atom. The van der Waals surface area contributed by atoms with Crippen LogP contribution in [-0.4, -0.2) is 63.9 Å². The van der Waals surface area contributed by atoms with Crippen molar-refractivity contribution in [3.8, 4) is 0 Å². The highest BCUT2D eigenvalue weighted by molar-refractivity contribution is 5.94. The third-order valence-corrected chi connectivity index (χ3v) is 6.01. The normalized spacial score (nSPS) is 37.0. The van der Waals surface area contributed by atoms with Crippen LogP contribution in [0.3, 0.4) is 0 Å². The summed E-state index contributed by atoms with van der Waals surface area (Å²) in [6, 6.07) is 7.11. The van der Waals surface area contributed by atoms with Crippen LogP contribution < -0.4 is 10.6 Å². The molecule has 3 saturated heterocycles. The zero-order valence-electron chi connectivity index (χ0n) is 16.1. The van der Waals surface area contributed by atoms with E-state index in [0.29, 0.717) is 6.42 Å². The van der Waals surface area contributed by atoms with E-state index in [4.69, 9.17) is 9.47 Å². The van der Waals surface area contributed by atoms with Crippen LogP contribution in [0.5, 0.6) is 0 Å². The van der Waals surface area contributed by atoms with Gasteiger partial charge in [-0.15, -0.1) is 0 Å². The Bertz CT molecular complexity index is 890. The van der Waals surface area contributed by atoms with Gasteiger partial charge in [0.15, 0.2) is 6.04 Å². The van der Waals surface area contributed by atoms with E-state index in [0.717, 1.165) is 5.56 Å². The van der Waals surface area contributed by atoms with E-state index in [1.54, 1.807) is 0 Å². The first kappa shape index (κ1) is 20.3. The van der Waals surface area contributed by atoms with Crippen LogP contribution in [0.15, 0.2) is 30.3 Å². The average molecular weight is 418 g/mol. The van der Waals surface area contributed by atoms with Gasteiger partial charge in [-0.25, -0.2) is 4.79 Å². The number of hydrogen-bond donors (Lipinski definition) is 4. The lowest BCUT2D eigenvalue weighted by Crippen LogP contribution is -2.55. The van der Waals surface area contributed by atoms with Gasteiger partial charge in [0.1, 0.15) is 17.8 Å². The van der Waals surface area contributed by atoms with Gasteiger partial charge in [-0.1, -0.05) is 30.3 Å². The fourth-order valence-corrected chi connectivity index (χ4v) is 4.96. The van der Waals surface area contributed by atoms with Crippen LogP contribution in [0, 0.1) is 5.92 Å². The molecule has 4 rings (SSSR count). The summed E-state index contributed by atoms with van der Waals surface area (Å²) in [7, 11) is 0. The van der Waals surface area contributed by atoms with Gasteiger partial charge in [-0.05, 0) is 5.56 Å². The van der Waals surface area contributed by atoms with Crippen molar-refractivity contribution >= 4 is 23.8 Å². The molecule has 1 aromatic rings. The van der Waals surface area contributed by atoms with Crippen molar-refractivity contribution in [1.82, 2.24) is 10.6 Å². The fraction of sp³-hybridized carbons (Fsp3) is 0.500. The van der Waals surface area contributed by atoms with Gasteiger partial charge in [0, 0.05) is 13.3 Å². The van der Waals surface area contributed by atoms with Crippen LogP contribution in [0.25, 0.3) is 0 Å². The Morgan fingerprint density at radius 1 is 1.20 bits per heavy atom.